The van der Waals surface area contributed by atoms with Crippen molar-refractivity contribution in [1.29, 1.82) is 0 Å². The van der Waals surface area contributed by atoms with Crippen LogP contribution in [0.3, 0.4) is 0 Å². The van der Waals surface area contributed by atoms with Crippen molar-refractivity contribution in [3.05, 3.63) is 29.8 Å². The second-order valence-electron chi connectivity index (χ2n) is 2.87. The zero-order chi connectivity index (χ0) is 9.97. The fourth-order valence-corrected chi connectivity index (χ4v) is 1.23. The van der Waals surface area contributed by atoms with Crippen LogP contribution in [0.1, 0.15) is 11.3 Å². The molecule has 14 heavy (non-hydrogen) atoms. The molecular formula is C9H10N4O. The van der Waals surface area contributed by atoms with E-state index in [2.05, 4.69) is 15.1 Å². The zero-order valence-electron chi connectivity index (χ0n) is 7.77. The van der Waals surface area contributed by atoms with Gasteiger partial charge in [0.15, 0.2) is 5.76 Å². The van der Waals surface area contributed by atoms with Crippen molar-refractivity contribution in [3.63, 3.8) is 0 Å². The summed E-state index contributed by atoms with van der Waals surface area (Å²) in [6.07, 6.45) is 4.85. The van der Waals surface area contributed by atoms with Gasteiger partial charge in [0.05, 0.1) is 11.9 Å². The van der Waals surface area contributed by atoms with Gasteiger partial charge in [-0.1, -0.05) is 5.16 Å². The topological polar surface area (TPSA) is 77.8 Å². The van der Waals surface area contributed by atoms with Gasteiger partial charge < -0.3 is 10.3 Å². The van der Waals surface area contributed by atoms with Gasteiger partial charge in [-0.2, -0.15) is 0 Å². The van der Waals surface area contributed by atoms with E-state index < -0.39 is 0 Å². The first kappa shape index (κ1) is 8.83. The molecule has 5 heteroatoms. The molecular weight excluding hydrogens is 180 g/mol. The Morgan fingerprint density at radius 1 is 1.36 bits per heavy atom. The molecule has 0 saturated carbocycles. The van der Waals surface area contributed by atoms with Crippen LogP contribution in [0.2, 0.25) is 0 Å². The molecule has 0 aromatic carbocycles. The number of aromatic nitrogens is 3. The Morgan fingerprint density at radius 2 is 2.14 bits per heavy atom. The summed E-state index contributed by atoms with van der Waals surface area (Å²) < 4.78 is 5.09. The summed E-state index contributed by atoms with van der Waals surface area (Å²) in [5, 5.41) is 3.69. The standard InChI is InChI=1S/C9H10N4O/c1-6-8(12-3-2-11-6)9-7(4-10)5-13-14-9/h2-3,5H,4,10H2,1H3. The molecule has 0 unspecified atom stereocenters. The van der Waals surface area contributed by atoms with Crippen molar-refractivity contribution in [2.75, 3.05) is 0 Å². The lowest BCUT2D eigenvalue weighted by atomic mass is 10.2. The predicted octanol–water partition coefficient (Wildman–Crippen LogP) is 0.899. The molecule has 2 N–H and O–H groups in total. The molecule has 0 aliphatic carbocycles. The van der Waals surface area contributed by atoms with Gasteiger partial charge >= 0.3 is 0 Å². The summed E-state index contributed by atoms with van der Waals surface area (Å²) in [4.78, 5) is 8.30. The molecule has 2 aromatic rings. The van der Waals surface area contributed by atoms with Gasteiger partial charge in [0.2, 0.25) is 0 Å². The number of rotatable bonds is 2. The molecule has 0 radical (unpaired) electrons. The molecule has 0 amide bonds. The van der Waals surface area contributed by atoms with E-state index in [1.807, 2.05) is 6.92 Å². The SMILES string of the molecule is Cc1nccnc1-c1oncc1CN. The lowest BCUT2D eigenvalue weighted by Crippen LogP contribution is -1.98. The van der Waals surface area contributed by atoms with Crippen LogP contribution in [0, 0.1) is 6.92 Å². The van der Waals surface area contributed by atoms with Crippen molar-refractivity contribution in [2.45, 2.75) is 13.5 Å². The highest BCUT2D eigenvalue weighted by atomic mass is 16.5. The van der Waals surface area contributed by atoms with Gasteiger partial charge in [0.25, 0.3) is 0 Å². The Kier molecular flexibility index (Phi) is 2.24. The predicted molar refractivity (Wildman–Crippen MR) is 50.2 cm³/mol. The summed E-state index contributed by atoms with van der Waals surface area (Å²) in [5.41, 5.74) is 7.88. The van der Waals surface area contributed by atoms with E-state index in [4.69, 9.17) is 10.3 Å². The summed E-state index contributed by atoms with van der Waals surface area (Å²) in [5.74, 6) is 0.609. The van der Waals surface area contributed by atoms with Crippen molar-refractivity contribution >= 4 is 0 Å². The highest BCUT2D eigenvalue weighted by molar-refractivity contribution is 5.57. The van der Waals surface area contributed by atoms with Gasteiger partial charge in [-0.3, -0.25) is 4.98 Å². The first-order valence-corrected chi connectivity index (χ1v) is 4.24. The van der Waals surface area contributed by atoms with E-state index in [-0.39, 0.29) is 0 Å². The fraction of sp³-hybridized carbons (Fsp3) is 0.222. The van der Waals surface area contributed by atoms with Gasteiger partial charge in [-0.05, 0) is 6.92 Å². The molecule has 0 aliphatic rings. The van der Waals surface area contributed by atoms with Crippen LogP contribution in [0.5, 0.6) is 0 Å². The van der Waals surface area contributed by atoms with Gasteiger partial charge in [-0.25, -0.2) is 4.98 Å². The first-order chi connectivity index (χ1) is 6.83. The smallest absolute Gasteiger partial charge is 0.191 e. The third-order valence-electron chi connectivity index (χ3n) is 1.96. The molecule has 0 atom stereocenters. The lowest BCUT2D eigenvalue weighted by molar-refractivity contribution is 0.430. The number of hydrogen-bond acceptors (Lipinski definition) is 5. The van der Waals surface area contributed by atoms with E-state index in [9.17, 15) is 0 Å². The lowest BCUT2D eigenvalue weighted by Gasteiger charge is -2.00. The third kappa shape index (κ3) is 1.38. The van der Waals surface area contributed by atoms with E-state index in [0.29, 0.717) is 18.0 Å². The number of aryl methyl sites for hydroxylation is 1. The molecule has 0 aliphatic heterocycles. The number of nitrogens with zero attached hydrogens (tertiary/aromatic N) is 3. The Hall–Kier alpha value is -1.75. The van der Waals surface area contributed by atoms with Crippen LogP contribution < -0.4 is 5.73 Å². The van der Waals surface area contributed by atoms with Crippen molar-refractivity contribution in [1.82, 2.24) is 15.1 Å². The van der Waals surface area contributed by atoms with Crippen LogP contribution in [-0.2, 0) is 6.54 Å². The minimum absolute atomic E-state index is 0.384. The minimum atomic E-state index is 0.384. The molecule has 0 fully saturated rings. The molecule has 2 heterocycles. The van der Waals surface area contributed by atoms with Gasteiger partial charge in [0, 0.05) is 24.5 Å². The second-order valence-corrected chi connectivity index (χ2v) is 2.87. The normalized spacial score (nSPS) is 10.4. The molecule has 0 spiro atoms. The molecule has 5 nitrogen and oxygen atoms in total. The molecule has 0 bridgehead atoms. The summed E-state index contributed by atoms with van der Waals surface area (Å²) in [6, 6.07) is 0. The van der Waals surface area contributed by atoms with Crippen LogP contribution >= 0.6 is 0 Å². The first-order valence-electron chi connectivity index (χ1n) is 4.24. The Balaban J connectivity index is 2.54. The number of hydrogen-bond donors (Lipinski definition) is 1. The van der Waals surface area contributed by atoms with Crippen LogP contribution in [0.4, 0.5) is 0 Å². The Bertz CT molecular complexity index is 438. The maximum atomic E-state index is 5.53. The molecule has 2 aromatic heterocycles. The van der Waals surface area contributed by atoms with Crippen LogP contribution in [-0.4, -0.2) is 15.1 Å². The van der Waals surface area contributed by atoms with Crippen LogP contribution in [0.15, 0.2) is 23.1 Å². The highest BCUT2D eigenvalue weighted by Crippen LogP contribution is 2.22. The minimum Gasteiger partial charge on any atom is -0.354 e. The average Bonchev–Trinajstić information content (AvgIpc) is 2.66. The monoisotopic (exact) mass is 190 g/mol. The third-order valence-corrected chi connectivity index (χ3v) is 1.96. The van der Waals surface area contributed by atoms with Crippen LogP contribution in [0.25, 0.3) is 11.5 Å². The maximum Gasteiger partial charge on any atom is 0.191 e. The van der Waals surface area contributed by atoms with E-state index in [1.54, 1.807) is 18.6 Å². The molecule has 72 valence electrons. The summed E-state index contributed by atoms with van der Waals surface area (Å²) in [6.45, 7) is 2.25. The van der Waals surface area contributed by atoms with Crippen molar-refractivity contribution in [2.24, 2.45) is 5.73 Å². The Morgan fingerprint density at radius 3 is 2.86 bits per heavy atom. The quantitative estimate of drug-likeness (QED) is 0.761. The fourth-order valence-electron chi connectivity index (χ4n) is 1.23. The second kappa shape index (κ2) is 3.55. The van der Waals surface area contributed by atoms with Crippen molar-refractivity contribution in [3.8, 4) is 11.5 Å². The number of nitrogens with two attached hydrogens (primary N) is 1. The summed E-state index contributed by atoms with van der Waals surface area (Å²) >= 11 is 0. The van der Waals surface area contributed by atoms with Gasteiger partial charge in [0.1, 0.15) is 5.69 Å². The molecule has 2 rings (SSSR count). The zero-order valence-corrected chi connectivity index (χ0v) is 7.77. The van der Waals surface area contributed by atoms with Crippen molar-refractivity contribution < 1.29 is 4.52 Å². The Labute approximate surface area is 81.0 Å². The van der Waals surface area contributed by atoms with E-state index in [1.165, 1.54) is 0 Å². The van der Waals surface area contributed by atoms with E-state index in [0.717, 1.165) is 11.3 Å². The largest absolute Gasteiger partial charge is 0.354 e. The van der Waals surface area contributed by atoms with E-state index >= 15 is 0 Å². The average molecular weight is 190 g/mol. The highest BCUT2D eigenvalue weighted by Gasteiger charge is 2.13. The molecule has 0 saturated heterocycles. The van der Waals surface area contributed by atoms with Gasteiger partial charge in [-0.15, -0.1) is 0 Å². The maximum absolute atomic E-state index is 5.53. The summed E-state index contributed by atoms with van der Waals surface area (Å²) in [7, 11) is 0.